The normalized spacial score (nSPS) is 11.3. The Labute approximate surface area is 153 Å². The van der Waals surface area contributed by atoms with Crippen molar-refractivity contribution < 1.29 is 0 Å². The van der Waals surface area contributed by atoms with E-state index >= 15 is 0 Å². The molecule has 0 aliphatic carbocycles. The van der Waals surface area contributed by atoms with Crippen LogP contribution in [0.15, 0.2) is 36.9 Å². The Hall–Kier alpha value is -2.64. The molecule has 3 heterocycles. The number of hydrogen-bond acceptors (Lipinski definition) is 5. The third-order valence-corrected chi connectivity index (χ3v) is 4.68. The van der Waals surface area contributed by atoms with Gasteiger partial charge in [-0.05, 0) is 24.6 Å². The highest BCUT2D eigenvalue weighted by molar-refractivity contribution is 6.42. The fourth-order valence-electron chi connectivity index (χ4n) is 2.82. The maximum absolute atomic E-state index is 6.18. The highest BCUT2D eigenvalue weighted by Gasteiger charge is 2.18. The fraction of sp³-hybridized carbons (Fsp3) is 0.125. The van der Waals surface area contributed by atoms with E-state index in [9.17, 15) is 0 Å². The molecule has 2 N–H and O–H groups in total. The number of hydrogen-bond donors (Lipinski definition) is 1. The standard InChI is InChI=1S/C16H13Cl2N7/c1-2-24-14-10(9-3-4-11(17)12(18)5-9)6-20-7-13(14)23-16(24)25-15(19)21-8-22-25/h3-8H,2H2,1H3,(H2,19,21,22). The van der Waals surface area contributed by atoms with E-state index in [1.165, 1.54) is 11.0 Å². The average Bonchev–Trinajstić information content (AvgIpc) is 3.19. The Bertz CT molecular complexity index is 1080. The van der Waals surface area contributed by atoms with Crippen LogP contribution >= 0.6 is 23.2 Å². The van der Waals surface area contributed by atoms with Gasteiger partial charge in [-0.3, -0.25) is 4.98 Å². The van der Waals surface area contributed by atoms with Gasteiger partial charge in [0, 0.05) is 18.3 Å². The largest absolute Gasteiger partial charge is 0.368 e. The van der Waals surface area contributed by atoms with E-state index < -0.39 is 0 Å². The van der Waals surface area contributed by atoms with Crippen molar-refractivity contribution in [3.05, 3.63) is 47.0 Å². The van der Waals surface area contributed by atoms with Crippen LogP contribution in [-0.2, 0) is 6.54 Å². The third-order valence-electron chi connectivity index (χ3n) is 3.94. The monoisotopic (exact) mass is 373 g/mol. The van der Waals surface area contributed by atoms with Crippen LogP contribution in [0.25, 0.3) is 28.1 Å². The summed E-state index contributed by atoms with van der Waals surface area (Å²) < 4.78 is 3.52. The van der Waals surface area contributed by atoms with Gasteiger partial charge in [0.05, 0.1) is 21.8 Å². The van der Waals surface area contributed by atoms with Crippen LogP contribution < -0.4 is 5.73 Å². The van der Waals surface area contributed by atoms with Gasteiger partial charge < -0.3 is 10.3 Å². The lowest BCUT2D eigenvalue weighted by molar-refractivity contribution is 0.706. The van der Waals surface area contributed by atoms with Crippen molar-refractivity contribution in [1.82, 2.24) is 29.3 Å². The number of benzene rings is 1. The second-order valence-corrected chi connectivity index (χ2v) is 6.18. The molecule has 0 aliphatic heterocycles. The Morgan fingerprint density at radius 2 is 2.00 bits per heavy atom. The quantitative estimate of drug-likeness (QED) is 0.592. The molecule has 4 rings (SSSR count). The molecule has 0 fully saturated rings. The Kier molecular flexibility index (Phi) is 3.82. The molecule has 0 bridgehead atoms. The van der Waals surface area contributed by atoms with Gasteiger partial charge >= 0.3 is 0 Å². The Morgan fingerprint density at radius 3 is 2.68 bits per heavy atom. The number of rotatable bonds is 3. The molecule has 3 aromatic heterocycles. The first-order valence-electron chi connectivity index (χ1n) is 7.55. The minimum Gasteiger partial charge on any atom is -0.368 e. The summed E-state index contributed by atoms with van der Waals surface area (Å²) in [5, 5.41) is 5.15. The van der Waals surface area contributed by atoms with Gasteiger partial charge in [0.15, 0.2) is 0 Å². The highest BCUT2D eigenvalue weighted by Crippen LogP contribution is 2.33. The summed E-state index contributed by atoms with van der Waals surface area (Å²) in [6.07, 6.45) is 4.89. The van der Waals surface area contributed by atoms with Crippen LogP contribution in [-0.4, -0.2) is 29.3 Å². The molecular formula is C16H13Cl2N7. The lowest BCUT2D eigenvalue weighted by atomic mass is 10.1. The van der Waals surface area contributed by atoms with Crippen LogP contribution in [0.5, 0.6) is 0 Å². The molecule has 0 saturated carbocycles. The lowest BCUT2D eigenvalue weighted by Gasteiger charge is -2.10. The number of imidazole rings is 1. The average molecular weight is 374 g/mol. The summed E-state index contributed by atoms with van der Waals surface area (Å²) in [6.45, 7) is 2.69. The number of aromatic nitrogens is 6. The highest BCUT2D eigenvalue weighted by atomic mass is 35.5. The molecule has 0 spiro atoms. The van der Waals surface area contributed by atoms with Gasteiger partial charge in [0.2, 0.25) is 11.9 Å². The first-order chi connectivity index (χ1) is 12.1. The summed E-state index contributed by atoms with van der Waals surface area (Å²) in [5.41, 5.74) is 9.34. The van der Waals surface area contributed by atoms with Gasteiger partial charge in [-0.2, -0.15) is 14.8 Å². The molecule has 0 saturated heterocycles. The predicted molar refractivity (Wildman–Crippen MR) is 98.0 cm³/mol. The summed E-state index contributed by atoms with van der Waals surface area (Å²) in [5.74, 6) is 0.857. The van der Waals surface area contributed by atoms with E-state index in [1.54, 1.807) is 18.5 Å². The number of nitrogen functional groups attached to an aromatic ring is 1. The molecule has 25 heavy (non-hydrogen) atoms. The van der Waals surface area contributed by atoms with E-state index in [0.29, 0.717) is 22.5 Å². The maximum Gasteiger partial charge on any atom is 0.235 e. The number of nitrogens with two attached hydrogens (primary N) is 1. The zero-order valence-corrected chi connectivity index (χ0v) is 14.7. The minimum absolute atomic E-state index is 0.272. The molecule has 0 aliphatic rings. The summed E-state index contributed by atoms with van der Waals surface area (Å²) in [4.78, 5) is 12.9. The van der Waals surface area contributed by atoms with Crippen LogP contribution in [0.2, 0.25) is 10.0 Å². The SMILES string of the molecule is CCn1c(-n2ncnc2N)nc2cncc(-c3ccc(Cl)c(Cl)c3)c21. The predicted octanol–water partition coefficient (Wildman–Crippen LogP) is 3.59. The van der Waals surface area contributed by atoms with Crippen molar-refractivity contribution in [2.45, 2.75) is 13.5 Å². The van der Waals surface area contributed by atoms with Gasteiger partial charge in [-0.1, -0.05) is 29.3 Å². The van der Waals surface area contributed by atoms with Crippen LogP contribution in [0.3, 0.4) is 0 Å². The molecule has 0 atom stereocenters. The number of fused-ring (bicyclic) bond motifs is 1. The van der Waals surface area contributed by atoms with E-state index in [2.05, 4.69) is 20.1 Å². The zero-order chi connectivity index (χ0) is 17.6. The molecule has 7 nitrogen and oxygen atoms in total. The molecule has 4 aromatic rings. The smallest absolute Gasteiger partial charge is 0.235 e. The summed E-state index contributed by atoms with van der Waals surface area (Å²) in [6, 6.07) is 5.49. The molecule has 9 heteroatoms. The van der Waals surface area contributed by atoms with Crippen molar-refractivity contribution in [1.29, 1.82) is 0 Å². The van der Waals surface area contributed by atoms with Crippen molar-refractivity contribution in [3.8, 4) is 17.1 Å². The molecule has 0 amide bonds. The van der Waals surface area contributed by atoms with Gasteiger partial charge in [0.25, 0.3) is 0 Å². The third kappa shape index (κ3) is 2.52. The van der Waals surface area contributed by atoms with Crippen molar-refractivity contribution in [3.63, 3.8) is 0 Å². The van der Waals surface area contributed by atoms with Crippen molar-refractivity contribution in [2.24, 2.45) is 0 Å². The second-order valence-electron chi connectivity index (χ2n) is 5.37. The van der Waals surface area contributed by atoms with Crippen LogP contribution in [0.4, 0.5) is 5.95 Å². The molecule has 0 radical (unpaired) electrons. The van der Waals surface area contributed by atoms with Crippen molar-refractivity contribution in [2.75, 3.05) is 5.73 Å². The number of halogens is 2. The van der Waals surface area contributed by atoms with Gasteiger partial charge in [-0.15, -0.1) is 0 Å². The van der Waals surface area contributed by atoms with Gasteiger partial charge in [-0.25, -0.2) is 4.98 Å². The number of aryl methyl sites for hydroxylation is 1. The summed E-state index contributed by atoms with van der Waals surface area (Å²) >= 11 is 12.2. The van der Waals surface area contributed by atoms with Gasteiger partial charge in [0.1, 0.15) is 11.8 Å². The maximum atomic E-state index is 6.18. The molecule has 1 aromatic carbocycles. The van der Waals surface area contributed by atoms with E-state index in [-0.39, 0.29) is 5.95 Å². The van der Waals surface area contributed by atoms with Crippen LogP contribution in [0, 0.1) is 0 Å². The Morgan fingerprint density at radius 1 is 1.16 bits per heavy atom. The number of nitrogens with zero attached hydrogens (tertiary/aromatic N) is 6. The topological polar surface area (TPSA) is 87.4 Å². The first-order valence-corrected chi connectivity index (χ1v) is 8.31. The van der Waals surface area contributed by atoms with Crippen LogP contribution in [0.1, 0.15) is 6.92 Å². The second kappa shape index (κ2) is 6.02. The van der Waals surface area contributed by atoms with E-state index in [0.717, 1.165) is 22.2 Å². The number of pyridine rings is 1. The Balaban J connectivity index is 2.02. The first kappa shape index (κ1) is 15.9. The number of anilines is 1. The molecule has 126 valence electrons. The van der Waals surface area contributed by atoms with E-state index in [1.807, 2.05) is 23.6 Å². The van der Waals surface area contributed by atoms with E-state index in [4.69, 9.17) is 28.9 Å². The zero-order valence-electron chi connectivity index (χ0n) is 13.2. The molecule has 0 unspecified atom stereocenters. The lowest BCUT2D eigenvalue weighted by Crippen LogP contribution is -2.10. The molecular weight excluding hydrogens is 361 g/mol. The van der Waals surface area contributed by atoms with Crippen molar-refractivity contribution >= 4 is 40.2 Å². The fourth-order valence-corrected chi connectivity index (χ4v) is 3.12. The summed E-state index contributed by atoms with van der Waals surface area (Å²) in [7, 11) is 0. The minimum atomic E-state index is 0.272.